The molecule has 0 spiro atoms. The largest absolute Gasteiger partial charge is 0.478 e. The van der Waals surface area contributed by atoms with Crippen LogP contribution in [0.1, 0.15) is 34.5 Å². The Morgan fingerprint density at radius 2 is 1.92 bits per heavy atom. The summed E-state index contributed by atoms with van der Waals surface area (Å²) in [5.74, 6) is -1.01. The molecule has 130 valence electrons. The van der Waals surface area contributed by atoms with Gasteiger partial charge in [0.1, 0.15) is 0 Å². The minimum absolute atomic E-state index is 0.0192. The lowest BCUT2D eigenvalue weighted by Gasteiger charge is -2.39. The lowest BCUT2D eigenvalue weighted by Crippen LogP contribution is -2.47. The summed E-state index contributed by atoms with van der Waals surface area (Å²) >= 11 is 0. The van der Waals surface area contributed by atoms with Crippen molar-refractivity contribution >= 4 is 11.9 Å². The molecule has 25 heavy (non-hydrogen) atoms. The van der Waals surface area contributed by atoms with Crippen LogP contribution in [-0.4, -0.2) is 41.1 Å². The number of aromatic carboxylic acids is 1. The zero-order valence-corrected chi connectivity index (χ0v) is 14.1. The number of hydrogen-bond acceptors (Lipinski definition) is 3. The second kappa shape index (κ2) is 7.49. The molecule has 1 N–H and O–H groups in total. The first-order valence-electron chi connectivity index (χ1n) is 8.33. The van der Waals surface area contributed by atoms with Crippen molar-refractivity contribution in [1.82, 2.24) is 4.90 Å². The number of morpholine rings is 1. The number of hydrogen-bond donors (Lipinski definition) is 1. The molecule has 1 aliphatic rings. The summed E-state index contributed by atoms with van der Waals surface area (Å²) in [4.78, 5) is 25.9. The Labute approximate surface area is 146 Å². The van der Waals surface area contributed by atoms with Crippen LogP contribution in [0.2, 0.25) is 0 Å². The molecular weight excluding hydrogens is 318 g/mol. The molecule has 0 aliphatic carbocycles. The van der Waals surface area contributed by atoms with Gasteiger partial charge in [-0.3, -0.25) is 4.79 Å². The third kappa shape index (κ3) is 4.06. The van der Waals surface area contributed by atoms with E-state index in [0.717, 1.165) is 5.56 Å². The van der Waals surface area contributed by atoms with Crippen molar-refractivity contribution < 1.29 is 19.4 Å². The minimum Gasteiger partial charge on any atom is -0.478 e. The van der Waals surface area contributed by atoms with Crippen molar-refractivity contribution in [3.63, 3.8) is 0 Å². The van der Waals surface area contributed by atoms with E-state index < -0.39 is 5.97 Å². The maximum absolute atomic E-state index is 12.9. The van der Waals surface area contributed by atoms with E-state index in [4.69, 9.17) is 9.84 Å². The zero-order chi connectivity index (χ0) is 17.8. The average Bonchev–Trinajstić information content (AvgIpc) is 2.62. The van der Waals surface area contributed by atoms with Gasteiger partial charge in [0.25, 0.3) is 0 Å². The van der Waals surface area contributed by atoms with Crippen molar-refractivity contribution in [1.29, 1.82) is 0 Å². The number of nitrogens with zero attached hydrogens (tertiary/aromatic N) is 1. The number of carbonyl (C=O) groups excluding carboxylic acids is 1. The molecule has 5 nitrogen and oxygen atoms in total. The molecule has 0 saturated carbocycles. The van der Waals surface area contributed by atoms with E-state index in [1.165, 1.54) is 6.07 Å². The Kier molecular flexibility index (Phi) is 5.14. The van der Waals surface area contributed by atoms with Gasteiger partial charge in [-0.25, -0.2) is 4.79 Å². The van der Waals surface area contributed by atoms with Crippen LogP contribution in [0.15, 0.2) is 54.6 Å². The predicted molar refractivity (Wildman–Crippen MR) is 93.4 cm³/mol. The molecule has 2 atom stereocenters. The van der Waals surface area contributed by atoms with E-state index in [-0.39, 0.29) is 30.0 Å². The summed E-state index contributed by atoms with van der Waals surface area (Å²) < 4.78 is 5.75. The summed E-state index contributed by atoms with van der Waals surface area (Å²) in [5, 5.41) is 9.11. The second-order valence-corrected chi connectivity index (χ2v) is 6.30. The fourth-order valence-corrected chi connectivity index (χ4v) is 3.12. The number of carbonyl (C=O) groups is 2. The van der Waals surface area contributed by atoms with Crippen molar-refractivity contribution in [2.24, 2.45) is 0 Å². The highest BCUT2D eigenvalue weighted by Gasteiger charge is 2.31. The molecule has 0 bridgehead atoms. The Morgan fingerprint density at radius 3 is 2.64 bits per heavy atom. The molecule has 2 unspecified atom stereocenters. The van der Waals surface area contributed by atoms with E-state index in [1.54, 1.807) is 18.2 Å². The number of amides is 1. The molecule has 1 amide bonds. The van der Waals surface area contributed by atoms with Crippen molar-refractivity contribution in [3.05, 3.63) is 71.3 Å². The van der Waals surface area contributed by atoms with Crippen LogP contribution in [0.3, 0.4) is 0 Å². The summed E-state index contributed by atoms with van der Waals surface area (Å²) in [5.41, 5.74) is 1.94. The van der Waals surface area contributed by atoms with Crippen molar-refractivity contribution in [2.45, 2.75) is 25.5 Å². The molecule has 2 aromatic carbocycles. The molecule has 1 fully saturated rings. The maximum Gasteiger partial charge on any atom is 0.335 e. The van der Waals surface area contributed by atoms with Gasteiger partial charge in [-0.1, -0.05) is 42.5 Å². The summed E-state index contributed by atoms with van der Waals surface area (Å²) in [6.07, 6.45) is 0.159. The first kappa shape index (κ1) is 17.2. The number of rotatable bonds is 4. The van der Waals surface area contributed by atoms with Gasteiger partial charge < -0.3 is 14.7 Å². The van der Waals surface area contributed by atoms with Gasteiger partial charge in [0.2, 0.25) is 5.91 Å². The van der Waals surface area contributed by atoms with Crippen LogP contribution in [0, 0.1) is 0 Å². The monoisotopic (exact) mass is 339 g/mol. The van der Waals surface area contributed by atoms with Crippen LogP contribution in [0.25, 0.3) is 0 Å². The van der Waals surface area contributed by atoms with Gasteiger partial charge >= 0.3 is 5.97 Å². The first-order valence-corrected chi connectivity index (χ1v) is 8.33. The molecule has 0 aromatic heterocycles. The highest BCUT2D eigenvalue weighted by molar-refractivity contribution is 5.88. The van der Waals surface area contributed by atoms with Crippen LogP contribution >= 0.6 is 0 Å². The van der Waals surface area contributed by atoms with E-state index >= 15 is 0 Å². The molecule has 1 heterocycles. The summed E-state index contributed by atoms with van der Waals surface area (Å²) in [6.45, 7) is 2.94. The smallest absolute Gasteiger partial charge is 0.335 e. The van der Waals surface area contributed by atoms with Gasteiger partial charge in [0.05, 0.1) is 30.7 Å². The van der Waals surface area contributed by atoms with E-state index in [9.17, 15) is 9.59 Å². The average molecular weight is 339 g/mol. The lowest BCUT2D eigenvalue weighted by atomic mass is 10.0. The number of carboxylic acid groups (broad SMARTS) is 1. The van der Waals surface area contributed by atoms with Crippen molar-refractivity contribution in [2.75, 3.05) is 13.2 Å². The number of ether oxygens (including phenoxy) is 1. The fourth-order valence-electron chi connectivity index (χ4n) is 3.12. The van der Waals surface area contributed by atoms with Gasteiger partial charge in [0.15, 0.2) is 0 Å². The Bertz CT molecular complexity index is 759. The minimum atomic E-state index is -0.989. The molecule has 2 aromatic rings. The topological polar surface area (TPSA) is 66.8 Å². The van der Waals surface area contributed by atoms with Crippen LogP contribution in [0.5, 0.6) is 0 Å². The van der Waals surface area contributed by atoms with Crippen LogP contribution in [-0.2, 0) is 16.0 Å². The second-order valence-electron chi connectivity index (χ2n) is 6.30. The highest BCUT2D eigenvalue weighted by atomic mass is 16.5. The normalized spacial score (nSPS) is 20.3. The SMILES string of the molecule is CC1CN(C(=O)Cc2cccc(C(=O)O)c2)C(c2ccccc2)CO1. The molecular formula is C20H21NO4. The first-order chi connectivity index (χ1) is 12.0. The number of carboxylic acids is 1. The van der Waals surface area contributed by atoms with Gasteiger partial charge in [-0.05, 0) is 30.2 Å². The lowest BCUT2D eigenvalue weighted by molar-refractivity contribution is -0.144. The highest BCUT2D eigenvalue weighted by Crippen LogP contribution is 2.27. The Hall–Kier alpha value is -2.66. The maximum atomic E-state index is 12.9. The zero-order valence-electron chi connectivity index (χ0n) is 14.1. The quantitative estimate of drug-likeness (QED) is 0.930. The van der Waals surface area contributed by atoms with E-state index in [0.29, 0.717) is 18.7 Å². The Morgan fingerprint density at radius 1 is 1.16 bits per heavy atom. The van der Waals surface area contributed by atoms with Gasteiger partial charge in [0, 0.05) is 6.54 Å². The van der Waals surface area contributed by atoms with Gasteiger partial charge in [-0.2, -0.15) is 0 Å². The van der Waals surface area contributed by atoms with Crippen LogP contribution < -0.4 is 0 Å². The molecule has 1 saturated heterocycles. The molecule has 5 heteroatoms. The third-order valence-electron chi connectivity index (χ3n) is 4.40. The summed E-state index contributed by atoms with van der Waals surface area (Å²) in [7, 11) is 0. The van der Waals surface area contributed by atoms with Crippen LogP contribution in [0.4, 0.5) is 0 Å². The molecule has 1 aliphatic heterocycles. The fraction of sp³-hybridized carbons (Fsp3) is 0.300. The van der Waals surface area contributed by atoms with Crippen molar-refractivity contribution in [3.8, 4) is 0 Å². The number of benzene rings is 2. The third-order valence-corrected chi connectivity index (χ3v) is 4.40. The van der Waals surface area contributed by atoms with E-state index in [2.05, 4.69) is 0 Å². The Balaban J connectivity index is 1.80. The van der Waals surface area contributed by atoms with Gasteiger partial charge in [-0.15, -0.1) is 0 Å². The van der Waals surface area contributed by atoms with E-state index in [1.807, 2.05) is 42.2 Å². The molecule has 3 rings (SSSR count). The predicted octanol–water partition coefficient (Wildman–Crippen LogP) is 2.92. The standard InChI is InChI=1S/C20H21NO4/c1-14-12-21(18(13-25-14)16-7-3-2-4-8-16)19(22)11-15-6-5-9-17(10-15)20(23)24/h2-10,14,18H,11-13H2,1H3,(H,23,24). The molecule has 0 radical (unpaired) electrons. The summed E-state index contributed by atoms with van der Waals surface area (Å²) in [6, 6.07) is 16.3.